The molecule has 0 heterocycles. The van der Waals surface area contributed by atoms with Gasteiger partial charge < -0.3 is 9.84 Å². The van der Waals surface area contributed by atoms with Gasteiger partial charge in [-0.15, -0.1) is 0 Å². The number of carbonyl (C=O) groups is 1. The molecule has 0 saturated heterocycles. The van der Waals surface area contributed by atoms with Crippen LogP contribution in [0.5, 0.6) is 0 Å². The Labute approximate surface area is 105 Å². The molecule has 0 aromatic heterocycles. The first kappa shape index (κ1) is 16.4. The molecule has 0 aromatic carbocycles. The SMILES string of the molecule is CCC(C)N(CCOCCC(C)C)CC(=O)O. The minimum Gasteiger partial charge on any atom is -0.480 e. The Balaban J connectivity index is 3.79. The standard InChI is InChI=1S/C13H27NO3/c1-5-12(4)14(10-13(15)16)7-9-17-8-6-11(2)3/h11-12H,5-10H2,1-4H3,(H,15,16). The van der Waals surface area contributed by atoms with Crippen molar-refractivity contribution >= 4 is 5.97 Å². The Morgan fingerprint density at radius 2 is 1.94 bits per heavy atom. The summed E-state index contributed by atoms with van der Waals surface area (Å²) >= 11 is 0. The monoisotopic (exact) mass is 245 g/mol. The van der Waals surface area contributed by atoms with Gasteiger partial charge in [-0.25, -0.2) is 0 Å². The van der Waals surface area contributed by atoms with Crippen molar-refractivity contribution in [2.45, 2.75) is 46.6 Å². The lowest BCUT2D eigenvalue weighted by molar-refractivity contribution is -0.139. The van der Waals surface area contributed by atoms with E-state index in [0.29, 0.717) is 25.1 Å². The van der Waals surface area contributed by atoms with E-state index in [4.69, 9.17) is 9.84 Å². The fraction of sp³-hybridized carbons (Fsp3) is 0.923. The van der Waals surface area contributed by atoms with Crippen LogP contribution in [0, 0.1) is 5.92 Å². The van der Waals surface area contributed by atoms with Gasteiger partial charge in [0, 0.05) is 19.2 Å². The van der Waals surface area contributed by atoms with Crippen molar-refractivity contribution in [1.82, 2.24) is 4.90 Å². The number of carboxylic acids is 1. The summed E-state index contributed by atoms with van der Waals surface area (Å²) in [5.41, 5.74) is 0. The molecule has 0 aliphatic rings. The number of carboxylic acid groups (broad SMARTS) is 1. The fourth-order valence-corrected chi connectivity index (χ4v) is 1.49. The molecule has 0 aliphatic heterocycles. The number of ether oxygens (including phenoxy) is 1. The van der Waals surface area contributed by atoms with Crippen LogP contribution in [0.15, 0.2) is 0 Å². The molecule has 0 aromatic rings. The highest BCUT2D eigenvalue weighted by Gasteiger charge is 2.14. The van der Waals surface area contributed by atoms with E-state index in [2.05, 4.69) is 27.7 Å². The van der Waals surface area contributed by atoms with Crippen molar-refractivity contribution in [3.63, 3.8) is 0 Å². The van der Waals surface area contributed by atoms with E-state index in [-0.39, 0.29) is 6.54 Å². The summed E-state index contributed by atoms with van der Waals surface area (Å²) in [5.74, 6) is -0.118. The lowest BCUT2D eigenvalue weighted by atomic mass is 10.1. The molecule has 4 nitrogen and oxygen atoms in total. The van der Waals surface area contributed by atoms with Crippen LogP contribution >= 0.6 is 0 Å². The number of hydrogen-bond donors (Lipinski definition) is 1. The van der Waals surface area contributed by atoms with Crippen molar-refractivity contribution in [1.29, 1.82) is 0 Å². The zero-order valence-electron chi connectivity index (χ0n) is 11.6. The van der Waals surface area contributed by atoms with Crippen molar-refractivity contribution in [3.05, 3.63) is 0 Å². The summed E-state index contributed by atoms with van der Waals surface area (Å²) in [6.45, 7) is 10.6. The quantitative estimate of drug-likeness (QED) is 0.600. The Kier molecular flexibility index (Phi) is 9.09. The van der Waals surface area contributed by atoms with Crippen molar-refractivity contribution in [3.8, 4) is 0 Å². The van der Waals surface area contributed by atoms with Crippen LogP contribution in [-0.4, -0.2) is 48.3 Å². The molecule has 0 saturated carbocycles. The van der Waals surface area contributed by atoms with Crippen LogP contribution in [0.3, 0.4) is 0 Å². The lowest BCUT2D eigenvalue weighted by Crippen LogP contribution is -2.39. The van der Waals surface area contributed by atoms with Crippen LogP contribution in [0.1, 0.15) is 40.5 Å². The highest BCUT2D eigenvalue weighted by molar-refractivity contribution is 5.69. The largest absolute Gasteiger partial charge is 0.480 e. The molecule has 0 fully saturated rings. The first-order valence-corrected chi connectivity index (χ1v) is 6.50. The van der Waals surface area contributed by atoms with Gasteiger partial charge in [0.25, 0.3) is 0 Å². The van der Waals surface area contributed by atoms with E-state index < -0.39 is 5.97 Å². The van der Waals surface area contributed by atoms with E-state index in [9.17, 15) is 4.79 Å². The van der Waals surface area contributed by atoms with E-state index >= 15 is 0 Å². The molecule has 0 spiro atoms. The molecule has 17 heavy (non-hydrogen) atoms. The average molecular weight is 245 g/mol. The van der Waals surface area contributed by atoms with Crippen molar-refractivity contribution in [2.75, 3.05) is 26.3 Å². The topological polar surface area (TPSA) is 49.8 Å². The zero-order valence-corrected chi connectivity index (χ0v) is 11.6. The third kappa shape index (κ3) is 9.12. The molecule has 102 valence electrons. The summed E-state index contributed by atoms with van der Waals surface area (Å²) in [4.78, 5) is 12.7. The molecule has 1 unspecified atom stereocenters. The second kappa shape index (κ2) is 9.42. The van der Waals surface area contributed by atoms with E-state index in [1.165, 1.54) is 0 Å². The first-order valence-electron chi connectivity index (χ1n) is 6.50. The number of nitrogens with zero attached hydrogens (tertiary/aromatic N) is 1. The molecule has 0 rings (SSSR count). The minimum atomic E-state index is -0.771. The van der Waals surface area contributed by atoms with Gasteiger partial charge in [0.2, 0.25) is 0 Å². The van der Waals surface area contributed by atoms with Gasteiger partial charge in [-0.3, -0.25) is 9.69 Å². The van der Waals surface area contributed by atoms with Crippen LogP contribution < -0.4 is 0 Å². The Bertz CT molecular complexity index is 207. The summed E-state index contributed by atoms with van der Waals surface area (Å²) in [7, 11) is 0. The van der Waals surface area contributed by atoms with Crippen LogP contribution in [0.4, 0.5) is 0 Å². The van der Waals surface area contributed by atoms with Crippen LogP contribution in [0.25, 0.3) is 0 Å². The van der Waals surface area contributed by atoms with Gasteiger partial charge in [0.15, 0.2) is 0 Å². The summed E-state index contributed by atoms with van der Waals surface area (Å²) < 4.78 is 5.52. The van der Waals surface area contributed by atoms with Crippen molar-refractivity contribution in [2.24, 2.45) is 5.92 Å². The molecule has 0 bridgehead atoms. The van der Waals surface area contributed by atoms with Gasteiger partial charge in [-0.1, -0.05) is 20.8 Å². The fourth-order valence-electron chi connectivity index (χ4n) is 1.49. The summed E-state index contributed by atoms with van der Waals surface area (Å²) in [6, 6.07) is 0.291. The van der Waals surface area contributed by atoms with Crippen LogP contribution in [-0.2, 0) is 9.53 Å². The highest BCUT2D eigenvalue weighted by atomic mass is 16.5. The van der Waals surface area contributed by atoms with Crippen LogP contribution in [0.2, 0.25) is 0 Å². The van der Waals surface area contributed by atoms with Crippen molar-refractivity contribution < 1.29 is 14.6 Å². The molecule has 0 aliphatic carbocycles. The maximum Gasteiger partial charge on any atom is 0.317 e. The van der Waals surface area contributed by atoms with E-state index in [0.717, 1.165) is 19.4 Å². The third-order valence-electron chi connectivity index (χ3n) is 2.91. The normalized spacial score (nSPS) is 13.3. The molecular formula is C13H27NO3. The second-order valence-electron chi connectivity index (χ2n) is 4.92. The van der Waals surface area contributed by atoms with E-state index in [1.54, 1.807) is 0 Å². The molecule has 4 heteroatoms. The second-order valence-corrected chi connectivity index (χ2v) is 4.92. The maximum atomic E-state index is 10.7. The van der Waals surface area contributed by atoms with Gasteiger partial charge in [-0.2, -0.15) is 0 Å². The highest BCUT2D eigenvalue weighted by Crippen LogP contribution is 2.03. The predicted octanol–water partition coefficient (Wildman–Crippen LogP) is 2.23. The summed E-state index contributed by atoms with van der Waals surface area (Å²) in [6.07, 6.45) is 2.02. The first-order chi connectivity index (χ1) is 7.97. The summed E-state index contributed by atoms with van der Waals surface area (Å²) in [5, 5.41) is 8.82. The minimum absolute atomic E-state index is 0.0997. The zero-order chi connectivity index (χ0) is 13.3. The number of hydrogen-bond acceptors (Lipinski definition) is 3. The molecule has 1 N–H and O–H groups in total. The number of rotatable bonds is 10. The molecular weight excluding hydrogens is 218 g/mol. The molecule has 0 radical (unpaired) electrons. The smallest absolute Gasteiger partial charge is 0.317 e. The Hall–Kier alpha value is -0.610. The Morgan fingerprint density at radius 1 is 1.29 bits per heavy atom. The van der Waals surface area contributed by atoms with Gasteiger partial charge in [0.05, 0.1) is 13.2 Å². The third-order valence-corrected chi connectivity index (χ3v) is 2.91. The van der Waals surface area contributed by atoms with Gasteiger partial charge in [0.1, 0.15) is 0 Å². The lowest BCUT2D eigenvalue weighted by Gasteiger charge is -2.26. The van der Waals surface area contributed by atoms with Gasteiger partial charge >= 0.3 is 5.97 Å². The molecule has 1 atom stereocenters. The Morgan fingerprint density at radius 3 is 2.41 bits per heavy atom. The van der Waals surface area contributed by atoms with E-state index in [1.807, 2.05) is 4.90 Å². The predicted molar refractivity (Wildman–Crippen MR) is 69.2 cm³/mol. The maximum absolute atomic E-state index is 10.7. The number of aliphatic carboxylic acids is 1. The molecule has 0 amide bonds. The van der Waals surface area contributed by atoms with Gasteiger partial charge in [-0.05, 0) is 25.7 Å². The average Bonchev–Trinajstić information content (AvgIpc) is 2.25.